The molecule has 2 heterocycles. The fourth-order valence-corrected chi connectivity index (χ4v) is 3.91. The molecule has 0 bridgehead atoms. The summed E-state index contributed by atoms with van der Waals surface area (Å²) in [5, 5.41) is 3.31. The highest BCUT2D eigenvalue weighted by molar-refractivity contribution is 5.62. The first-order valence-corrected chi connectivity index (χ1v) is 10.4. The number of benzene rings is 1. The Kier molecular flexibility index (Phi) is 6.27. The third-order valence-electron chi connectivity index (χ3n) is 5.71. The van der Waals surface area contributed by atoms with Crippen LogP contribution in [0.1, 0.15) is 32.6 Å². The molecule has 0 atom stereocenters. The number of nitrogens with zero attached hydrogens (tertiary/aromatic N) is 3. The maximum atomic E-state index is 5.96. The second-order valence-electron chi connectivity index (χ2n) is 7.93. The van der Waals surface area contributed by atoms with Gasteiger partial charge in [0.1, 0.15) is 0 Å². The summed E-state index contributed by atoms with van der Waals surface area (Å²) in [6.45, 7) is 6.48. The minimum absolute atomic E-state index is 0.564. The number of rotatable bonds is 6. The fourth-order valence-electron chi connectivity index (χ4n) is 3.91. The van der Waals surface area contributed by atoms with Gasteiger partial charge in [0, 0.05) is 36.7 Å². The molecule has 4 rings (SSSR count). The van der Waals surface area contributed by atoms with Crippen molar-refractivity contribution in [1.29, 1.82) is 0 Å². The van der Waals surface area contributed by atoms with Crippen molar-refractivity contribution < 1.29 is 9.47 Å². The van der Waals surface area contributed by atoms with Crippen molar-refractivity contribution in [3.63, 3.8) is 0 Å². The zero-order valence-electron chi connectivity index (χ0n) is 16.6. The third-order valence-corrected chi connectivity index (χ3v) is 5.71. The predicted molar refractivity (Wildman–Crippen MR) is 111 cm³/mol. The number of hydrogen-bond donors (Lipinski definition) is 1. The van der Waals surface area contributed by atoms with Crippen LogP contribution in [0.5, 0.6) is 5.88 Å². The summed E-state index contributed by atoms with van der Waals surface area (Å²) in [6.07, 6.45) is 6.88. The SMILES string of the molecule is C[C@H]1CC[C@H](COc2ccnc(Nc3cccc(N4CCOCC4)c3)n2)CC1. The Labute approximate surface area is 167 Å². The Balaban J connectivity index is 1.35. The van der Waals surface area contributed by atoms with Crippen molar-refractivity contribution in [2.45, 2.75) is 32.6 Å². The van der Waals surface area contributed by atoms with Crippen molar-refractivity contribution in [2.24, 2.45) is 11.8 Å². The molecular weight excluding hydrogens is 352 g/mol. The largest absolute Gasteiger partial charge is 0.477 e. The van der Waals surface area contributed by atoms with Crippen LogP contribution in [0.25, 0.3) is 0 Å². The lowest BCUT2D eigenvalue weighted by atomic mass is 9.83. The Morgan fingerprint density at radius 3 is 2.79 bits per heavy atom. The van der Waals surface area contributed by atoms with Crippen molar-refractivity contribution in [3.05, 3.63) is 36.5 Å². The van der Waals surface area contributed by atoms with Crippen LogP contribution in [-0.2, 0) is 4.74 Å². The number of anilines is 3. The van der Waals surface area contributed by atoms with Gasteiger partial charge in [0.2, 0.25) is 11.8 Å². The second-order valence-corrected chi connectivity index (χ2v) is 7.93. The molecule has 0 spiro atoms. The molecule has 0 amide bonds. The van der Waals surface area contributed by atoms with Crippen molar-refractivity contribution in [1.82, 2.24) is 9.97 Å². The number of aromatic nitrogens is 2. The summed E-state index contributed by atoms with van der Waals surface area (Å²) in [6, 6.07) is 10.2. The molecule has 1 N–H and O–H groups in total. The summed E-state index contributed by atoms with van der Waals surface area (Å²) in [7, 11) is 0. The van der Waals surface area contributed by atoms with E-state index >= 15 is 0 Å². The van der Waals surface area contributed by atoms with Gasteiger partial charge in [0.15, 0.2) is 0 Å². The number of nitrogens with one attached hydrogen (secondary N) is 1. The summed E-state index contributed by atoms with van der Waals surface area (Å²) in [5.74, 6) is 2.71. The van der Waals surface area contributed by atoms with E-state index in [1.54, 1.807) is 6.20 Å². The molecule has 6 nitrogen and oxygen atoms in total. The van der Waals surface area contributed by atoms with Gasteiger partial charge in [0.25, 0.3) is 0 Å². The van der Waals surface area contributed by atoms with E-state index in [0.717, 1.165) is 44.5 Å². The lowest BCUT2D eigenvalue weighted by Gasteiger charge is -2.29. The van der Waals surface area contributed by atoms with Crippen LogP contribution >= 0.6 is 0 Å². The summed E-state index contributed by atoms with van der Waals surface area (Å²) < 4.78 is 11.4. The van der Waals surface area contributed by atoms with Crippen molar-refractivity contribution in [2.75, 3.05) is 43.1 Å². The van der Waals surface area contributed by atoms with Crippen LogP contribution in [0.4, 0.5) is 17.3 Å². The van der Waals surface area contributed by atoms with Crippen molar-refractivity contribution in [3.8, 4) is 5.88 Å². The van der Waals surface area contributed by atoms with Gasteiger partial charge in [-0.1, -0.05) is 25.8 Å². The minimum atomic E-state index is 0.564. The first-order chi connectivity index (χ1) is 13.8. The number of morpholine rings is 1. The molecule has 1 aliphatic carbocycles. The summed E-state index contributed by atoms with van der Waals surface area (Å²) in [5.41, 5.74) is 2.16. The molecule has 0 radical (unpaired) electrons. The smallest absolute Gasteiger partial charge is 0.230 e. The molecule has 6 heteroatoms. The van der Waals surface area contributed by atoms with Crippen LogP contribution < -0.4 is 15.0 Å². The van der Waals surface area contributed by atoms with E-state index in [0.29, 0.717) is 17.7 Å². The first kappa shape index (κ1) is 19.0. The molecule has 2 aromatic rings. The van der Waals surface area contributed by atoms with E-state index in [9.17, 15) is 0 Å². The molecular formula is C22H30N4O2. The molecule has 1 aliphatic heterocycles. The van der Waals surface area contributed by atoms with E-state index in [4.69, 9.17) is 9.47 Å². The fraction of sp³-hybridized carbons (Fsp3) is 0.545. The van der Waals surface area contributed by atoms with Crippen LogP contribution in [0.3, 0.4) is 0 Å². The van der Waals surface area contributed by atoms with E-state index in [2.05, 4.69) is 45.3 Å². The van der Waals surface area contributed by atoms with E-state index < -0.39 is 0 Å². The maximum absolute atomic E-state index is 5.96. The average Bonchev–Trinajstić information content (AvgIpc) is 2.74. The monoisotopic (exact) mass is 382 g/mol. The molecule has 150 valence electrons. The summed E-state index contributed by atoms with van der Waals surface area (Å²) in [4.78, 5) is 11.2. The van der Waals surface area contributed by atoms with Gasteiger partial charge in [-0.15, -0.1) is 0 Å². The van der Waals surface area contributed by atoms with E-state index in [1.165, 1.54) is 31.4 Å². The van der Waals surface area contributed by atoms with Gasteiger partial charge in [-0.25, -0.2) is 4.98 Å². The van der Waals surface area contributed by atoms with E-state index in [-0.39, 0.29) is 0 Å². The van der Waals surface area contributed by atoms with Crippen LogP contribution in [0.15, 0.2) is 36.5 Å². The highest BCUT2D eigenvalue weighted by atomic mass is 16.5. The quantitative estimate of drug-likeness (QED) is 0.805. The maximum Gasteiger partial charge on any atom is 0.230 e. The van der Waals surface area contributed by atoms with Gasteiger partial charge < -0.3 is 19.7 Å². The highest BCUT2D eigenvalue weighted by Crippen LogP contribution is 2.29. The lowest BCUT2D eigenvalue weighted by molar-refractivity contribution is 0.122. The average molecular weight is 383 g/mol. The first-order valence-electron chi connectivity index (χ1n) is 10.4. The highest BCUT2D eigenvalue weighted by Gasteiger charge is 2.19. The Morgan fingerprint density at radius 2 is 1.96 bits per heavy atom. The summed E-state index contributed by atoms with van der Waals surface area (Å²) >= 11 is 0. The molecule has 1 aromatic carbocycles. The van der Waals surface area contributed by atoms with Gasteiger partial charge in [0.05, 0.1) is 19.8 Å². The Hall–Kier alpha value is -2.34. The Morgan fingerprint density at radius 1 is 1.14 bits per heavy atom. The molecule has 0 unspecified atom stereocenters. The van der Waals surface area contributed by atoms with Crippen LogP contribution in [0, 0.1) is 11.8 Å². The normalized spacial score (nSPS) is 22.7. The molecule has 1 saturated heterocycles. The van der Waals surface area contributed by atoms with Crippen molar-refractivity contribution >= 4 is 17.3 Å². The zero-order valence-corrected chi connectivity index (χ0v) is 16.6. The van der Waals surface area contributed by atoms with Gasteiger partial charge in [-0.05, 0) is 42.9 Å². The van der Waals surface area contributed by atoms with Crippen LogP contribution in [-0.4, -0.2) is 42.9 Å². The minimum Gasteiger partial charge on any atom is -0.477 e. The molecule has 28 heavy (non-hydrogen) atoms. The molecule has 2 fully saturated rings. The lowest BCUT2D eigenvalue weighted by Crippen LogP contribution is -2.36. The van der Waals surface area contributed by atoms with Gasteiger partial charge >= 0.3 is 0 Å². The topological polar surface area (TPSA) is 59.5 Å². The second kappa shape index (κ2) is 9.24. The van der Waals surface area contributed by atoms with E-state index in [1.807, 2.05) is 12.1 Å². The third kappa shape index (κ3) is 5.13. The number of ether oxygens (including phenoxy) is 2. The van der Waals surface area contributed by atoms with Gasteiger partial charge in [-0.3, -0.25) is 0 Å². The standard InChI is InChI=1S/C22H30N4O2/c1-17-5-7-18(8-6-17)16-28-21-9-10-23-22(25-21)24-19-3-2-4-20(15-19)26-11-13-27-14-12-26/h2-4,9-10,15,17-18H,5-8,11-14,16H2,1H3,(H,23,24,25)/t17-,18-. The zero-order chi connectivity index (χ0) is 19.2. The molecule has 1 aromatic heterocycles. The number of hydrogen-bond acceptors (Lipinski definition) is 6. The van der Waals surface area contributed by atoms with Crippen LogP contribution in [0.2, 0.25) is 0 Å². The van der Waals surface area contributed by atoms with Gasteiger partial charge in [-0.2, -0.15) is 4.98 Å². The Bertz CT molecular complexity index is 756. The molecule has 2 aliphatic rings. The predicted octanol–water partition coefficient (Wildman–Crippen LogP) is 4.26. The molecule has 1 saturated carbocycles.